The lowest BCUT2D eigenvalue weighted by Gasteiger charge is -2.18. The SMILES string of the molecule is CCNCCNC(=O)C(F)(F)C(F)(F)F. The summed E-state index contributed by atoms with van der Waals surface area (Å²) in [6.45, 7) is 2.12. The largest absolute Gasteiger partial charge is 0.463 e. The highest BCUT2D eigenvalue weighted by Gasteiger charge is 2.63. The van der Waals surface area contributed by atoms with Gasteiger partial charge in [-0.25, -0.2) is 0 Å². The molecule has 0 aliphatic carbocycles. The van der Waals surface area contributed by atoms with Crippen molar-refractivity contribution in [1.82, 2.24) is 10.6 Å². The molecule has 0 aliphatic rings. The maximum absolute atomic E-state index is 12.3. The minimum Gasteiger partial charge on any atom is -0.349 e. The van der Waals surface area contributed by atoms with Crippen molar-refractivity contribution in [3.05, 3.63) is 0 Å². The van der Waals surface area contributed by atoms with Crippen LogP contribution < -0.4 is 10.6 Å². The number of rotatable bonds is 5. The van der Waals surface area contributed by atoms with Crippen LogP contribution in [0.15, 0.2) is 0 Å². The zero-order valence-corrected chi connectivity index (χ0v) is 7.92. The predicted molar refractivity (Wildman–Crippen MR) is 42.6 cm³/mol. The topological polar surface area (TPSA) is 41.1 Å². The van der Waals surface area contributed by atoms with Gasteiger partial charge in [0.2, 0.25) is 0 Å². The van der Waals surface area contributed by atoms with Gasteiger partial charge in [0.15, 0.2) is 0 Å². The molecule has 0 unspecified atom stereocenters. The quantitative estimate of drug-likeness (QED) is 0.548. The van der Waals surface area contributed by atoms with Gasteiger partial charge in [0, 0.05) is 13.1 Å². The van der Waals surface area contributed by atoms with Crippen molar-refractivity contribution >= 4 is 5.91 Å². The van der Waals surface area contributed by atoms with E-state index in [1.54, 1.807) is 6.92 Å². The molecular formula is C7H11F5N2O. The molecule has 90 valence electrons. The Morgan fingerprint density at radius 3 is 2.07 bits per heavy atom. The molecule has 0 saturated carbocycles. The molecule has 0 heterocycles. The zero-order chi connectivity index (χ0) is 12.1. The maximum atomic E-state index is 12.3. The number of amides is 1. The maximum Gasteiger partial charge on any atom is 0.463 e. The van der Waals surface area contributed by atoms with Gasteiger partial charge in [0.1, 0.15) is 0 Å². The molecule has 0 bridgehead atoms. The van der Waals surface area contributed by atoms with Gasteiger partial charge in [-0.2, -0.15) is 22.0 Å². The van der Waals surface area contributed by atoms with E-state index in [1.165, 1.54) is 5.32 Å². The summed E-state index contributed by atoms with van der Waals surface area (Å²) in [5.74, 6) is -7.66. The first-order valence-corrected chi connectivity index (χ1v) is 4.17. The van der Waals surface area contributed by atoms with Crippen LogP contribution in [0.5, 0.6) is 0 Å². The van der Waals surface area contributed by atoms with Gasteiger partial charge >= 0.3 is 12.1 Å². The van der Waals surface area contributed by atoms with Crippen LogP contribution in [0.4, 0.5) is 22.0 Å². The van der Waals surface area contributed by atoms with Crippen molar-refractivity contribution < 1.29 is 26.7 Å². The number of carbonyl (C=O) groups is 1. The van der Waals surface area contributed by atoms with E-state index >= 15 is 0 Å². The molecule has 0 aromatic heterocycles. The molecule has 0 aromatic rings. The third kappa shape index (κ3) is 3.98. The fourth-order valence-corrected chi connectivity index (χ4v) is 0.681. The van der Waals surface area contributed by atoms with E-state index in [0.29, 0.717) is 6.54 Å². The molecule has 0 aliphatic heterocycles. The van der Waals surface area contributed by atoms with Crippen LogP contribution in [0.2, 0.25) is 0 Å². The Morgan fingerprint density at radius 2 is 1.67 bits per heavy atom. The van der Waals surface area contributed by atoms with Crippen molar-refractivity contribution in [3.63, 3.8) is 0 Å². The number of alkyl halides is 5. The van der Waals surface area contributed by atoms with E-state index in [4.69, 9.17) is 0 Å². The number of hydrogen-bond acceptors (Lipinski definition) is 2. The third-order valence-electron chi connectivity index (χ3n) is 1.48. The molecule has 0 atom stereocenters. The first kappa shape index (κ1) is 14.1. The molecular weight excluding hydrogens is 223 g/mol. The lowest BCUT2D eigenvalue weighted by atomic mass is 10.3. The van der Waals surface area contributed by atoms with E-state index in [-0.39, 0.29) is 13.1 Å². The summed E-state index contributed by atoms with van der Waals surface area (Å²) in [5, 5.41) is 4.15. The average Bonchev–Trinajstić information content (AvgIpc) is 2.10. The average molecular weight is 234 g/mol. The molecule has 0 fully saturated rings. The number of carbonyl (C=O) groups excluding carboxylic acids is 1. The molecule has 1 amide bonds. The molecule has 0 saturated heterocycles. The molecule has 0 aromatic carbocycles. The monoisotopic (exact) mass is 234 g/mol. The molecule has 8 heteroatoms. The highest BCUT2D eigenvalue weighted by molar-refractivity contribution is 5.84. The Kier molecular flexibility index (Phi) is 4.92. The number of halogens is 5. The summed E-state index contributed by atoms with van der Waals surface area (Å²) < 4.78 is 59.4. The number of likely N-dealkylation sites (N-methyl/N-ethyl adjacent to an activating group) is 1. The minimum atomic E-state index is -5.85. The van der Waals surface area contributed by atoms with Crippen molar-refractivity contribution in [1.29, 1.82) is 0 Å². The predicted octanol–water partition coefficient (Wildman–Crippen LogP) is 0.910. The first-order valence-electron chi connectivity index (χ1n) is 4.17. The fraction of sp³-hybridized carbons (Fsp3) is 0.857. The summed E-state index contributed by atoms with van der Waals surface area (Å²) in [7, 11) is 0. The summed E-state index contributed by atoms with van der Waals surface area (Å²) in [6, 6.07) is 0. The Bertz CT molecular complexity index is 216. The highest BCUT2D eigenvalue weighted by atomic mass is 19.4. The molecule has 0 spiro atoms. The van der Waals surface area contributed by atoms with Gasteiger partial charge in [-0.1, -0.05) is 6.92 Å². The number of nitrogens with one attached hydrogen (secondary N) is 2. The van der Waals surface area contributed by atoms with Crippen LogP contribution >= 0.6 is 0 Å². The fourth-order valence-electron chi connectivity index (χ4n) is 0.681. The Labute approximate surface area is 83.0 Å². The second kappa shape index (κ2) is 5.24. The zero-order valence-electron chi connectivity index (χ0n) is 7.92. The Hall–Kier alpha value is -0.920. The Morgan fingerprint density at radius 1 is 1.13 bits per heavy atom. The lowest BCUT2D eigenvalue weighted by molar-refractivity contribution is -0.269. The van der Waals surface area contributed by atoms with Crippen molar-refractivity contribution in [2.75, 3.05) is 19.6 Å². The minimum absolute atomic E-state index is 0.135. The van der Waals surface area contributed by atoms with Gasteiger partial charge < -0.3 is 10.6 Å². The second-order valence-electron chi connectivity index (χ2n) is 2.68. The van der Waals surface area contributed by atoms with Crippen LogP contribution in [0.25, 0.3) is 0 Å². The van der Waals surface area contributed by atoms with E-state index < -0.39 is 18.0 Å². The van der Waals surface area contributed by atoms with Gasteiger partial charge in [0.25, 0.3) is 5.91 Å². The van der Waals surface area contributed by atoms with E-state index in [9.17, 15) is 26.7 Å². The molecule has 3 nitrogen and oxygen atoms in total. The van der Waals surface area contributed by atoms with Crippen molar-refractivity contribution in [2.24, 2.45) is 0 Å². The molecule has 15 heavy (non-hydrogen) atoms. The molecule has 0 rings (SSSR count). The van der Waals surface area contributed by atoms with E-state index in [2.05, 4.69) is 5.32 Å². The van der Waals surface area contributed by atoms with E-state index in [0.717, 1.165) is 0 Å². The van der Waals surface area contributed by atoms with Crippen LogP contribution in [0.3, 0.4) is 0 Å². The van der Waals surface area contributed by atoms with Gasteiger partial charge in [-0.05, 0) is 6.54 Å². The van der Waals surface area contributed by atoms with Crippen LogP contribution in [-0.2, 0) is 4.79 Å². The van der Waals surface area contributed by atoms with Crippen LogP contribution in [0.1, 0.15) is 6.92 Å². The molecule has 0 radical (unpaired) electrons. The van der Waals surface area contributed by atoms with E-state index in [1.807, 2.05) is 0 Å². The normalized spacial score (nSPS) is 12.7. The third-order valence-corrected chi connectivity index (χ3v) is 1.48. The van der Waals surface area contributed by atoms with Crippen LogP contribution in [-0.4, -0.2) is 37.6 Å². The second-order valence-corrected chi connectivity index (χ2v) is 2.68. The van der Waals surface area contributed by atoms with Gasteiger partial charge in [-0.15, -0.1) is 0 Å². The molecule has 2 N–H and O–H groups in total. The smallest absolute Gasteiger partial charge is 0.349 e. The Balaban J connectivity index is 4.10. The van der Waals surface area contributed by atoms with Crippen molar-refractivity contribution in [3.8, 4) is 0 Å². The summed E-state index contributed by atoms with van der Waals surface area (Å²) in [5.41, 5.74) is 0. The number of hydrogen-bond donors (Lipinski definition) is 2. The van der Waals surface area contributed by atoms with Gasteiger partial charge in [0.05, 0.1) is 0 Å². The first-order chi connectivity index (χ1) is 6.73. The van der Waals surface area contributed by atoms with Crippen LogP contribution in [0, 0.1) is 0 Å². The highest BCUT2D eigenvalue weighted by Crippen LogP contribution is 2.35. The van der Waals surface area contributed by atoms with Crippen molar-refractivity contribution in [2.45, 2.75) is 19.0 Å². The standard InChI is InChI=1S/C7H11F5N2O/c1-2-13-3-4-14-5(15)6(8,9)7(10,11)12/h13H,2-4H2,1H3,(H,14,15). The lowest BCUT2D eigenvalue weighted by Crippen LogP contribution is -2.51. The summed E-state index contributed by atoms with van der Waals surface area (Å²) in [4.78, 5) is 10.5. The van der Waals surface area contributed by atoms with Gasteiger partial charge in [-0.3, -0.25) is 4.79 Å². The summed E-state index contributed by atoms with van der Waals surface area (Å²) in [6.07, 6.45) is -5.85. The summed E-state index contributed by atoms with van der Waals surface area (Å²) >= 11 is 0.